The van der Waals surface area contributed by atoms with Crippen molar-refractivity contribution in [2.45, 2.75) is 6.92 Å². The number of nitrogens with one attached hydrogen (secondary N) is 1. The minimum absolute atomic E-state index is 0.0446. The third kappa shape index (κ3) is 5.61. The van der Waals surface area contributed by atoms with Gasteiger partial charge in [0.15, 0.2) is 0 Å². The van der Waals surface area contributed by atoms with Gasteiger partial charge in [0, 0.05) is 51.5 Å². The lowest BCUT2D eigenvalue weighted by Gasteiger charge is -2.36. The summed E-state index contributed by atoms with van der Waals surface area (Å²) in [6.07, 6.45) is 0. The predicted molar refractivity (Wildman–Crippen MR) is 120 cm³/mol. The number of hydrogen-bond donors (Lipinski definition) is 2. The molecule has 2 amide bonds. The van der Waals surface area contributed by atoms with E-state index in [0.29, 0.717) is 38.3 Å². The Kier molecular flexibility index (Phi) is 6.91. The van der Waals surface area contributed by atoms with E-state index in [1.54, 1.807) is 43.3 Å². The Bertz CT molecular complexity index is 964. The average molecular weight is 425 g/mol. The zero-order valence-electron chi connectivity index (χ0n) is 18.1. The molecule has 0 bridgehead atoms. The summed E-state index contributed by atoms with van der Waals surface area (Å²) in [6.45, 7) is 5.12. The number of benzene rings is 2. The van der Waals surface area contributed by atoms with Crippen LogP contribution in [0.15, 0.2) is 42.5 Å². The van der Waals surface area contributed by atoms with Crippen LogP contribution in [0.25, 0.3) is 0 Å². The van der Waals surface area contributed by atoms with Gasteiger partial charge in [-0.2, -0.15) is 0 Å². The smallest absolute Gasteiger partial charge is 0.337 e. The van der Waals surface area contributed by atoms with Gasteiger partial charge in [0.1, 0.15) is 0 Å². The number of rotatable bonds is 6. The molecule has 2 aromatic rings. The standard InChI is InChI=1S/C23H28N4O4/c1-16-4-6-17(7-5-16)22(29)24-20-9-8-18(14-19(20)23(30)31)27-12-10-26(11-13-27)15-21(28)25(2)3/h4-9,14H,10-13,15H2,1-3H3,(H,24,29)(H,30,31). The van der Waals surface area contributed by atoms with Gasteiger partial charge in [-0.3, -0.25) is 14.5 Å². The predicted octanol–water partition coefficient (Wildman–Crippen LogP) is 2.16. The highest BCUT2D eigenvalue weighted by atomic mass is 16.4. The molecule has 0 unspecified atom stereocenters. The molecule has 8 heteroatoms. The summed E-state index contributed by atoms with van der Waals surface area (Å²) in [7, 11) is 3.48. The molecule has 1 aliphatic rings. The van der Waals surface area contributed by atoms with Gasteiger partial charge < -0.3 is 20.2 Å². The van der Waals surface area contributed by atoms with Crippen LogP contribution in [0, 0.1) is 6.92 Å². The second-order valence-corrected chi connectivity index (χ2v) is 7.91. The van der Waals surface area contributed by atoms with Crippen molar-refractivity contribution in [3.63, 3.8) is 0 Å². The number of carbonyl (C=O) groups is 3. The van der Waals surface area contributed by atoms with Gasteiger partial charge in [0.05, 0.1) is 17.8 Å². The first-order chi connectivity index (χ1) is 14.7. The highest BCUT2D eigenvalue weighted by Crippen LogP contribution is 2.25. The normalized spacial score (nSPS) is 14.2. The molecule has 1 fully saturated rings. The summed E-state index contributed by atoms with van der Waals surface area (Å²) < 4.78 is 0. The molecule has 0 spiro atoms. The van der Waals surface area contributed by atoms with Gasteiger partial charge in [-0.05, 0) is 37.3 Å². The lowest BCUT2D eigenvalue weighted by molar-refractivity contribution is -0.129. The number of carbonyl (C=O) groups excluding carboxylic acids is 2. The van der Waals surface area contributed by atoms with Crippen molar-refractivity contribution in [3.8, 4) is 0 Å². The molecule has 0 radical (unpaired) electrons. The molecule has 0 aromatic heterocycles. The van der Waals surface area contributed by atoms with E-state index in [2.05, 4.69) is 15.1 Å². The first-order valence-electron chi connectivity index (χ1n) is 10.2. The van der Waals surface area contributed by atoms with Crippen LogP contribution < -0.4 is 10.2 Å². The fraction of sp³-hybridized carbons (Fsp3) is 0.348. The summed E-state index contributed by atoms with van der Waals surface area (Å²) in [5.41, 5.74) is 2.59. The number of hydrogen-bond acceptors (Lipinski definition) is 5. The summed E-state index contributed by atoms with van der Waals surface area (Å²) in [5, 5.41) is 12.4. The van der Waals surface area contributed by atoms with Gasteiger partial charge in [0.2, 0.25) is 5.91 Å². The third-order valence-electron chi connectivity index (χ3n) is 5.39. The van der Waals surface area contributed by atoms with E-state index in [1.165, 1.54) is 0 Å². The highest BCUT2D eigenvalue weighted by molar-refractivity contribution is 6.08. The van der Waals surface area contributed by atoms with Gasteiger partial charge in [-0.15, -0.1) is 0 Å². The molecule has 2 aromatic carbocycles. The minimum atomic E-state index is -1.10. The molecule has 1 saturated heterocycles. The van der Waals surface area contributed by atoms with Crippen LogP contribution in [-0.2, 0) is 4.79 Å². The summed E-state index contributed by atoms with van der Waals surface area (Å²) >= 11 is 0. The van der Waals surface area contributed by atoms with Crippen LogP contribution in [-0.4, -0.2) is 79.5 Å². The molecule has 8 nitrogen and oxygen atoms in total. The fourth-order valence-electron chi connectivity index (χ4n) is 3.41. The Hall–Kier alpha value is -3.39. The topological polar surface area (TPSA) is 93.2 Å². The third-order valence-corrected chi connectivity index (χ3v) is 5.39. The van der Waals surface area contributed by atoms with Gasteiger partial charge in [-0.1, -0.05) is 17.7 Å². The summed E-state index contributed by atoms with van der Waals surface area (Å²) in [4.78, 5) is 42.0. The Morgan fingerprint density at radius 2 is 1.65 bits per heavy atom. The van der Waals surface area contributed by atoms with E-state index in [1.807, 2.05) is 25.1 Å². The molecule has 164 valence electrons. The van der Waals surface area contributed by atoms with E-state index in [-0.39, 0.29) is 23.1 Å². The summed E-state index contributed by atoms with van der Waals surface area (Å²) in [5.74, 6) is -1.39. The second kappa shape index (κ2) is 9.61. The van der Waals surface area contributed by atoms with Gasteiger partial charge in [-0.25, -0.2) is 4.79 Å². The maximum absolute atomic E-state index is 12.5. The van der Waals surface area contributed by atoms with Crippen LogP contribution >= 0.6 is 0 Å². The number of aryl methyl sites for hydroxylation is 1. The molecule has 1 heterocycles. The molecule has 0 aliphatic carbocycles. The van der Waals surface area contributed by atoms with Crippen LogP contribution in [0.4, 0.5) is 11.4 Å². The summed E-state index contributed by atoms with van der Waals surface area (Å²) in [6, 6.07) is 12.1. The number of likely N-dealkylation sites (N-methyl/N-ethyl adjacent to an activating group) is 1. The Morgan fingerprint density at radius 1 is 1.00 bits per heavy atom. The Balaban J connectivity index is 1.69. The molecule has 0 saturated carbocycles. The highest BCUT2D eigenvalue weighted by Gasteiger charge is 2.22. The van der Waals surface area contributed by atoms with Crippen molar-refractivity contribution in [2.24, 2.45) is 0 Å². The van der Waals surface area contributed by atoms with Gasteiger partial charge >= 0.3 is 5.97 Å². The van der Waals surface area contributed by atoms with Gasteiger partial charge in [0.25, 0.3) is 5.91 Å². The average Bonchev–Trinajstić information content (AvgIpc) is 2.74. The first-order valence-corrected chi connectivity index (χ1v) is 10.2. The number of anilines is 2. The van der Waals surface area contributed by atoms with Crippen LogP contribution in [0.5, 0.6) is 0 Å². The van der Waals surface area contributed by atoms with E-state index in [4.69, 9.17) is 0 Å². The zero-order valence-corrected chi connectivity index (χ0v) is 18.1. The first kappa shape index (κ1) is 22.3. The largest absolute Gasteiger partial charge is 0.478 e. The van der Waals surface area contributed by atoms with Crippen LogP contribution in [0.2, 0.25) is 0 Å². The molecule has 3 rings (SSSR count). The lowest BCUT2D eigenvalue weighted by Crippen LogP contribution is -2.49. The van der Waals surface area contributed by atoms with E-state index >= 15 is 0 Å². The SMILES string of the molecule is Cc1ccc(C(=O)Nc2ccc(N3CCN(CC(=O)N(C)C)CC3)cc2C(=O)O)cc1. The lowest BCUT2D eigenvalue weighted by atomic mass is 10.1. The number of carboxylic acid groups (broad SMARTS) is 1. The molecule has 1 aliphatic heterocycles. The molecule has 31 heavy (non-hydrogen) atoms. The van der Waals surface area contributed by atoms with E-state index < -0.39 is 5.97 Å². The monoisotopic (exact) mass is 424 g/mol. The maximum Gasteiger partial charge on any atom is 0.337 e. The van der Waals surface area contributed by atoms with Crippen molar-refractivity contribution >= 4 is 29.2 Å². The number of carboxylic acids is 1. The van der Waals surface area contributed by atoms with Crippen molar-refractivity contribution < 1.29 is 19.5 Å². The Labute approximate surface area is 182 Å². The van der Waals surface area contributed by atoms with Crippen LogP contribution in [0.1, 0.15) is 26.3 Å². The number of aromatic carboxylic acids is 1. The van der Waals surface area contributed by atoms with Crippen molar-refractivity contribution in [1.29, 1.82) is 0 Å². The van der Waals surface area contributed by atoms with Crippen molar-refractivity contribution in [2.75, 3.05) is 57.0 Å². The number of nitrogens with zero attached hydrogens (tertiary/aromatic N) is 3. The molecular weight excluding hydrogens is 396 g/mol. The maximum atomic E-state index is 12.5. The second-order valence-electron chi connectivity index (χ2n) is 7.91. The Morgan fingerprint density at radius 3 is 2.23 bits per heavy atom. The van der Waals surface area contributed by atoms with Crippen molar-refractivity contribution in [1.82, 2.24) is 9.80 Å². The fourth-order valence-corrected chi connectivity index (χ4v) is 3.41. The van der Waals surface area contributed by atoms with Crippen LogP contribution in [0.3, 0.4) is 0 Å². The zero-order chi connectivity index (χ0) is 22.5. The quantitative estimate of drug-likeness (QED) is 0.738. The van der Waals surface area contributed by atoms with Crippen molar-refractivity contribution in [3.05, 3.63) is 59.2 Å². The molecular formula is C23H28N4O4. The van der Waals surface area contributed by atoms with E-state index in [0.717, 1.165) is 11.3 Å². The van der Waals surface area contributed by atoms with E-state index in [9.17, 15) is 19.5 Å². The molecule has 2 N–H and O–H groups in total. The molecule has 0 atom stereocenters. The number of piperazine rings is 1. The minimum Gasteiger partial charge on any atom is -0.478 e. The number of amides is 2.